The Kier molecular flexibility index (Phi) is 5.18. The zero-order chi connectivity index (χ0) is 18.9. The van der Waals surface area contributed by atoms with Gasteiger partial charge in [0.2, 0.25) is 0 Å². The lowest BCUT2D eigenvalue weighted by atomic mass is 10.1. The molecular weight excluding hydrogens is 372 g/mol. The van der Waals surface area contributed by atoms with Gasteiger partial charge in [0.1, 0.15) is 21.9 Å². The number of carbonyl (C=O) groups is 1. The Morgan fingerprint density at radius 1 is 1.31 bits per heavy atom. The molecule has 5 nitrogen and oxygen atoms in total. The highest BCUT2D eigenvalue weighted by atomic mass is 35.5. The van der Waals surface area contributed by atoms with Crippen molar-refractivity contribution in [1.29, 1.82) is 0 Å². The molecular formula is C19H19ClN2O3S. The van der Waals surface area contributed by atoms with E-state index in [1.54, 1.807) is 24.3 Å². The first-order chi connectivity index (χ1) is 12.3. The van der Waals surface area contributed by atoms with Crippen LogP contribution in [-0.4, -0.2) is 21.6 Å². The first-order valence-corrected chi connectivity index (χ1v) is 9.25. The molecule has 26 heavy (non-hydrogen) atoms. The number of aliphatic hydroxyl groups excluding tert-OH is 1. The summed E-state index contributed by atoms with van der Waals surface area (Å²) in [5.74, 6) is 0.335. The third kappa shape index (κ3) is 4.15. The van der Waals surface area contributed by atoms with Gasteiger partial charge in [0, 0.05) is 5.56 Å². The molecule has 2 N–H and O–H groups in total. The van der Waals surface area contributed by atoms with Crippen molar-refractivity contribution >= 4 is 44.7 Å². The number of nitrogens with one attached hydrogen (secondary N) is 1. The Labute approximate surface area is 160 Å². The van der Waals surface area contributed by atoms with Crippen molar-refractivity contribution in [1.82, 2.24) is 4.98 Å². The molecule has 1 amide bonds. The number of hydrogen-bond donors (Lipinski definition) is 2. The SMILES string of the molecule is CC(C)(C)Oc1cccc(C(=O)Nc2ccc3sc(CO)nc3c2Cl)c1. The van der Waals surface area contributed by atoms with Gasteiger partial charge in [-0.05, 0) is 51.1 Å². The molecule has 136 valence electrons. The number of aliphatic hydroxyl groups is 1. The Balaban J connectivity index is 1.85. The molecule has 0 aliphatic carbocycles. The number of benzene rings is 2. The van der Waals surface area contributed by atoms with Gasteiger partial charge in [-0.2, -0.15) is 0 Å². The molecule has 0 saturated heterocycles. The summed E-state index contributed by atoms with van der Waals surface area (Å²) in [6.07, 6.45) is 0. The Bertz CT molecular complexity index is 963. The Morgan fingerprint density at radius 2 is 2.08 bits per heavy atom. The zero-order valence-corrected chi connectivity index (χ0v) is 16.2. The summed E-state index contributed by atoms with van der Waals surface area (Å²) in [4.78, 5) is 16.9. The fourth-order valence-corrected chi connectivity index (χ4v) is 3.57. The van der Waals surface area contributed by atoms with Crippen molar-refractivity contribution < 1.29 is 14.6 Å². The number of halogens is 1. The number of amides is 1. The molecule has 0 unspecified atom stereocenters. The van der Waals surface area contributed by atoms with Crippen molar-refractivity contribution in [3.05, 3.63) is 52.0 Å². The summed E-state index contributed by atoms with van der Waals surface area (Å²) >= 11 is 7.75. The summed E-state index contributed by atoms with van der Waals surface area (Å²) < 4.78 is 6.66. The third-order valence-electron chi connectivity index (χ3n) is 3.45. The van der Waals surface area contributed by atoms with Gasteiger partial charge in [0.15, 0.2) is 0 Å². The van der Waals surface area contributed by atoms with Crippen LogP contribution in [-0.2, 0) is 6.61 Å². The second-order valence-electron chi connectivity index (χ2n) is 6.74. The highest BCUT2D eigenvalue weighted by Gasteiger charge is 2.16. The first-order valence-electron chi connectivity index (χ1n) is 8.06. The molecule has 1 aromatic heterocycles. The van der Waals surface area contributed by atoms with Crippen LogP contribution in [0.1, 0.15) is 36.1 Å². The second kappa shape index (κ2) is 7.23. The third-order valence-corrected chi connectivity index (χ3v) is 4.84. The topological polar surface area (TPSA) is 71.5 Å². The van der Waals surface area contributed by atoms with Crippen molar-refractivity contribution in [2.45, 2.75) is 33.0 Å². The van der Waals surface area contributed by atoms with Crippen LogP contribution in [0.2, 0.25) is 5.02 Å². The molecule has 0 spiro atoms. The second-order valence-corrected chi connectivity index (χ2v) is 8.23. The van der Waals surface area contributed by atoms with E-state index in [1.807, 2.05) is 32.9 Å². The molecule has 0 atom stereocenters. The quantitative estimate of drug-likeness (QED) is 0.666. The monoisotopic (exact) mass is 390 g/mol. The average molecular weight is 391 g/mol. The van der Waals surface area contributed by atoms with E-state index in [0.29, 0.717) is 32.5 Å². The predicted molar refractivity (Wildman–Crippen MR) is 105 cm³/mol. The molecule has 0 aliphatic heterocycles. The number of carbonyl (C=O) groups excluding carboxylic acids is 1. The van der Waals surface area contributed by atoms with E-state index in [1.165, 1.54) is 11.3 Å². The Hall–Kier alpha value is -2.15. The molecule has 3 aromatic rings. The van der Waals surface area contributed by atoms with Crippen LogP contribution < -0.4 is 10.1 Å². The van der Waals surface area contributed by atoms with Crippen LogP contribution in [0, 0.1) is 0 Å². The van der Waals surface area contributed by atoms with Crippen molar-refractivity contribution in [3.8, 4) is 5.75 Å². The number of ether oxygens (including phenoxy) is 1. The first kappa shape index (κ1) is 18.6. The average Bonchev–Trinajstić information content (AvgIpc) is 3.00. The van der Waals surface area contributed by atoms with Crippen LogP contribution in [0.5, 0.6) is 5.75 Å². The highest BCUT2D eigenvalue weighted by molar-refractivity contribution is 7.18. The molecule has 0 radical (unpaired) electrons. The van der Waals surface area contributed by atoms with E-state index in [9.17, 15) is 9.90 Å². The lowest BCUT2D eigenvalue weighted by molar-refractivity contribution is 0.102. The highest BCUT2D eigenvalue weighted by Crippen LogP contribution is 2.34. The van der Waals surface area contributed by atoms with E-state index < -0.39 is 0 Å². The number of rotatable bonds is 4. The summed E-state index contributed by atoms with van der Waals surface area (Å²) in [6.45, 7) is 5.70. The number of nitrogens with zero attached hydrogens (tertiary/aromatic N) is 1. The van der Waals surface area contributed by atoms with E-state index in [0.717, 1.165) is 4.70 Å². The molecule has 0 fully saturated rings. The van der Waals surface area contributed by atoms with E-state index in [2.05, 4.69) is 10.3 Å². The summed E-state index contributed by atoms with van der Waals surface area (Å²) in [5, 5.41) is 13.0. The van der Waals surface area contributed by atoms with Crippen LogP contribution in [0.4, 0.5) is 5.69 Å². The normalized spacial score (nSPS) is 11.6. The smallest absolute Gasteiger partial charge is 0.255 e. The van der Waals surface area contributed by atoms with Crippen LogP contribution >= 0.6 is 22.9 Å². The lowest BCUT2D eigenvalue weighted by Gasteiger charge is -2.21. The number of thiazole rings is 1. The molecule has 0 aliphatic rings. The van der Waals surface area contributed by atoms with Crippen molar-refractivity contribution in [3.63, 3.8) is 0 Å². The van der Waals surface area contributed by atoms with Gasteiger partial charge in [-0.1, -0.05) is 17.7 Å². The van der Waals surface area contributed by atoms with Crippen LogP contribution in [0.3, 0.4) is 0 Å². The number of aromatic nitrogens is 1. The zero-order valence-electron chi connectivity index (χ0n) is 14.7. The summed E-state index contributed by atoms with van der Waals surface area (Å²) in [7, 11) is 0. The molecule has 2 aromatic carbocycles. The molecule has 3 rings (SSSR count). The maximum Gasteiger partial charge on any atom is 0.255 e. The summed E-state index contributed by atoms with van der Waals surface area (Å²) in [6, 6.07) is 10.6. The fourth-order valence-electron chi connectivity index (χ4n) is 2.42. The molecule has 1 heterocycles. The fraction of sp³-hybridized carbons (Fsp3) is 0.263. The van der Waals surface area contributed by atoms with Gasteiger partial charge in [0.25, 0.3) is 5.91 Å². The maximum atomic E-state index is 12.6. The van der Waals surface area contributed by atoms with Crippen molar-refractivity contribution in [2.75, 3.05) is 5.32 Å². The molecule has 0 bridgehead atoms. The lowest BCUT2D eigenvalue weighted by Crippen LogP contribution is -2.23. The number of fused-ring (bicyclic) bond motifs is 1. The minimum atomic E-state index is -0.349. The summed E-state index contributed by atoms with van der Waals surface area (Å²) in [5.41, 5.74) is 1.17. The molecule has 7 heteroatoms. The van der Waals surface area contributed by atoms with E-state index >= 15 is 0 Å². The predicted octanol–water partition coefficient (Wildman–Crippen LogP) is 4.87. The maximum absolute atomic E-state index is 12.6. The standard InChI is InChI=1S/C19H19ClN2O3S/c1-19(2,3)25-12-6-4-5-11(9-12)18(24)21-13-7-8-14-17(16(13)20)22-15(10-23)26-14/h4-9,23H,10H2,1-3H3,(H,21,24). The van der Waals surface area contributed by atoms with Gasteiger partial charge in [-0.3, -0.25) is 4.79 Å². The largest absolute Gasteiger partial charge is 0.488 e. The van der Waals surface area contributed by atoms with Gasteiger partial charge in [-0.25, -0.2) is 4.98 Å². The van der Waals surface area contributed by atoms with Gasteiger partial charge in [-0.15, -0.1) is 11.3 Å². The molecule has 0 saturated carbocycles. The number of anilines is 1. The van der Waals surface area contributed by atoms with Gasteiger partial charge < -0.3 is 15.2 Å². The van der Waals surface area contributed by atoms with Crippen LogP contribution in [0.15, 0.2) is 36.4 Å². The van der Waals surface area contributed by atoms with Crippen molar-refractivity contribution in [2.24, 2.45) is 0 Å². The van der Waals surface area contributed by atoms with Crippen LogP contribution in [0.25, 0.3) is 10.2 Å². The van der Waals surface area contributed by atoms with E-state index in [-0.39, 0.29) is 18.1 Å². The number of hydrogen-bond acceptors (Lipinski definition) is 5. The minimum Gasteiger partial charge on any atom is -0.488 e. The minimum absolute atomic E-state index is 0.141. The van der Waals surface area contributed by atoms with Gasteiger partial charge >= 0.3 is 0 Å². The Morgan fingerprint density at radius 3 is 2.77 bits per heavy atom. The van der Waals surface area contributed by atoms with Gasteiger partial charge in [0.05, 0.1) is 22.0 Å². The van der Waals surface area contributed by atoms with E-state index in [4.69, 9.17) is 16.3 Å².